The van der Waals surface area contributed by atoms with Crippen molar-refractivity contribution in [2.24, 2.45) is 0 Å². The lowest BCUT2D eigenvalue weighted by Crippen LogP contribution is -2.50. The molecular weight excluding hydrogens is 354 g/mol. The first-order valence-electron chi connectivity index (χ1n) is 9.06. The number of carbonyl (C=O) groups excluding carboxylic acids is 1. The molecule has 0 radical (unpaired) electrons. The van der Waals surface area contributed by atoms with Crippen molar-refractivity contribution in [1.82, 2.24) is 24.3 Å². The van der Waals surface area contributed by atoms with Crippen LogP contribution in [0.3, 0.4) is 0 Å². The van der Waals surface area contributed by atoms with Gasteiger partial charge in [-0.25, -0.2) is 14.8 Å². The number of hydrogen-bond donors (Lipinski definition) is 0. The van der Waals surface area contributed by atoms with Crippen LogP contribution in [0.5, 0.6) is 0 Å². The number of ether oxygens (including phenoxy) is 1. The Labute approximate surface area is 157 Å². The Morgan fingerprint density at radius 2 is 2.08 bits per heavy atom. The van der Waals surface area contributed by atoms with E-state index in [0.29, 0.717) is 5.15 Å². The summed E-state index contributed by atoms with van der Waals surface area (Å²) in [7, 11) is 0. The number of likely N-dealkylation sites (tertiary alicyclic amines) is 1. The second-order valence-electron chi connectivity index (χ2n) is 7.96. The molecule has 1 unspecified atom stereocenters. The molecule has 1 fully saturated rings. The van der Waals surface area contributed by atoms with Crippen LogP contribution in [-0.2, 0) is 17.8 Å². The van der Waals surface area contributed by atoms with Gasteiger partial charge >= 0.3 is 6.09 Å². The number of hydrogen-bond acceptors (Lipinski definition) is 5. The summed E-state index contributed by atoms with van der Waals surface area (Å²) in [6, 6.07) is 2.07. The fourth-order valence-corrected chi connectivity index (χ4v) is 4.08. The van der Waals surface area contributed by atoms with Crippen LogP contribution in [0.1, 0.15) is 39.3 Å². The summed E-state index contributed by atoms with van der Waals surface area (Å²) < 4.78 is 7.80. The predicted octanol–water partition coefficient (Wildman–Crippen LogP) is 3.26. The first-order chi connectivity index (χ1) is 12.3. The van der Waals surface area contributed by atoms with Gasteiger partial charge in [0.25, 0.3) is 0 Å². The van der Waals surface area contributed by atoms with Gasteiger partial charge < -0.3 is 9.30 Å². The van der Waals surface area contributed by atoms with Gasteiger partial charge in [0.1, 0.15) is 22.7 Å². The van der Waals surface area contributed by atoms with Crippen molar-refractivity contribution in [3.05, 3.63) is 23.2 Å². The molecule has 0 saturated carbocycles. The average Bonchev–Trinajstić information content (AvgIpc) is 3.18. The zero-order valence-corrected chi connectivity index (χ0v) is 16.2. The molecule has 0 aromatic carbocycles. The number of nitrogens with zero attached hydrogens (tertiary/aromatic N) is 5. The Balaban J connectivity index is 1.55. The maximum Gasteiger partial charge on any atom is 0.411 e. The number of rotatable bonds is 1. The van der Waals surface area contributed by atoms with Crippen LogP contribution in [0.2, 0.25) is 5.15 Å². The van der Waals surface area contributed by atoms with Crippen LogP contribution in [0.15, 0.2) is 12.4 Å². The van der Waals surface area contributed by atoms with Crippen molar-refractivity contribution in [2.75, 3.05) is 13.1 Å². The van der Waals surface area contributed by atoms with Gasteiger partial charge in [0.2, 0.25) is 0 Å². The molecule has 1 atom stereocenters. The maximum atomic E-state index is 12.6. The molecule has 2 aromatic rings. The second kappa shape index (κ2) is 6.39. The molecule has 4 heterocycles. The highest BCUT2D eigenvalue weighted by Gasteiger charge is 2.37. The van der Waals surface area contributed by atoms with E-state index >= 15 is 0 Å². The van der Waals surface area contributed by atoms with Gasteiger partial charge in [0.15, 0.2) is 0 Å². The van der Waals surface area contributed by atoms with Crippen LogP contribution in [0.4, 0.5) is 4.79 Å². The monoisotopic (exact) mass is 377 g/mol. The van der Waals surface area contributed by atoms with Crippen LogP contribution in [0.25, 0.3) is 11.0 Å². The van der Waals surface area contributed by atoms with Gasteiger partial charge in [-0.3, -0.25) is 9.80 Å². The molecule has 1 amide bonds. The fraction of sp³-hybridized carbons (Fsp3) is 0.611. The predicted molar refractivity (Wildman–Crippen MR) is 98.9 cm³/mol. The van der Waals surface area contributed by atoms with E-state index in [1.54, 1.807) is 0 Å². The molecular formula is C18H24ClN5O2. The lowest BCUT2D eigenvalue weighted by atomic mass is 10.2. The van der Waals surface area contributed by atoms with Gasteiger partial charge in [-0.1, -0.05) is 11.6 Å². The zero-order valence-electron chi connectivity index (χ0n) is 15.4. The Kier molecular flexibility index (Phi) is 4.31. The minimum Gasteiger partial charge on any atom is -0.444 e. The van der Waals surface area contributed by atoms with Crippen molar-refractivity contribution >= 4 is 28.7 Å². The SMILES string of the molecule is CC(C)(C)OC(=O)N1CCCC1N1CCn2c(cc3c(Cl)ncnc32)C1. The lowest BCUT2D eigenvalue weighted by molar-refractivity contribution is -0.00451. The molecule has 1 saturated heterocycles. The van der Waals surface area contributed by atoms with E-state index in [9.17, 15) is 4.79 Å². The van der Waals surface area contributed by atoms with Crippen molar-refractivity contribution < 1.29 is 9.53 Å². The minimum atomic E-state index is -0.478. The summed E-state index contributed by atoms with van der Waals surface area (Å²) >= 11 is 6.22. The summed E-state index contributed by atoms with van der Waals surface area (Å²) in [5.41, 5.74) is 1.56. The Hall–Kier alpha value is -1.86. The molecule has 2 aromatic heterocycles. The van der Waals surface area contributed by atoms with Gasteiger partial charge in [-0.15, -0.1) is 0 Å². The number of aromatic nitrogens is 3. The molecule has 4 rings (SSSR count). The molecule has 2 aliphatic rings. The maximum absolute atomic E-state index is 12.6. The van der Waals surface area contributed by atoms with Gasteiger partial charge in [0.05, 0.1) is 11.6 Å². The summed E-state index contributed by atoms with van der Waals surface area (Å²) in [6.07, 6.45) is 3.34. The van der Waals surface area contributed by atoms with E-state index < -0.39 is 5.60 Å². The molecule has 140 valence electrons. The third-order valence-electron chi connectivity index (χ3n) is 4.97. The van der Waals surface area contributed by atoms with Crippen molar-refractivity contribution in [2.45, 2.75) is 58.5 Å². The van der Waals surface area contributed by atoms with Crippen LogP contribution < -0.4 is 0 Å². The number of carbonyl (C=O) groups is 1. The number of halogens is 1. The van der Waals surface area contributed by atoms with E-state index in [1.807, 2.05) is 25.7 Å². The number of amides is 1. The molecule has 26 heavy (non-hydrogen) atoms. The Bertz CT molecular complexity index is 844. The highest BCUT2D eigenvalue weighted by molar-refractivity contribution is 6.33. The van der Waals surface area contributed by atoms with Gasteiger partial charge in [-0.05, 0) is 39.7 Å². The third-order valence-corrected chi connectivity index (χ3v) is 5.28. The molecule has 0 aliphatic carbocycles. The molecule has 2 aliphatic heterocycles. The van der Waals surface area contributed by atoms with Gasteiger partial charge in [-0.2, -0.15) is 0 Å². The van der Waals surface area contributed by atoms with Crippen molar-refractivity contribution in [1.29, 1.82) is 0 Å². The summed E-state index contributed by atoms with van der Waals surface area (Å²) in [5, 5.41) is 1.38. The standard InChI is InChI=1S/C18H24ClN5O2/c1-18(2,3)26-17(25)24-6-4-5-14(24)22-7-8-23-12(10-22)9-13-15(19)20-11-21-16(13)23/h9,11,14H,4-8,10H2,1-3H3. The van der Waals surface area contributed by atoms with E-state index in [4.69, 9.17) is 16.3 Å². The Morgan fingerprint density at radius 3 is 2.85 bits per heavy atom. The molecule has 8 heteroatoms. The highest BCUT2D eigenvalue weighted by Crippen LogP contribution is 2.30. The van der Waals surface area contributed by atoms with Crippen molar-refractivity contribution in [3.63, 3.8) is 0 Å². The highest BCUT2D eigenvalue weighted by atomic mass is 35.5. The smallest absolute Gasteiger partial charge is 0.411 e. The van der Waals surface area contributed by atoms with Gasteiger partial charge in [0, 0.05) is 31.9 Å². The summed E-state index contributed by atoms with van der Waals surface area (Å²) in [6.45, 7) is 8.90. The van der Waals surface area contributed by atoms with E-state index in [0.717, 1.165) is 55.7 Å². The lowest BCUT2D eigenvalue weighted by Gasteiger charge is -2.38. The first kappa shape index (κ1) is 17.5. The summed E-state index contributed by atoms with van der Waals surface area (Å²) in [4.78, 5) is 25.3. The van der Waals surface area contributed by atoms with E-state index in [2.05, 4.69) is 25.5 Å². The summed E-state index contributed by atoms with van der Waals surface area (Å²) in [5.74, 6) is 0. The largest absolute Gasteiger partial charge is 0.444 e. The molecule has 0 spiro atoms. The quantitative estimate of drug-likeness (QED) is 0.714. The third kappa shape index (κ3) is 3.14. The fourth-order valence-electron chi connectivity index (χ4n) is 3.90. The van der Waals surface area contributed by atoms with E-state index in [1.165, 1.54) is 6.33 Å². The molecule has 0 bridgehead atoms. The second-order valence-corrected chi connectivity index (χ2v) is 8.31. The van der Waals surface area contributed by atoms with Crippen LogP contribution in [-0.4, -0.2) is 55.3 Å². The Morgan fingerprint density at radius 1 is 1.27 bits per heavy atom. The van der Waals surface area contributed by atoms with Crippen LogP contribution >= 0.6 is 11.6 Å². The van der Waals surface area contributed by atoms with Crippen LogP contribution in [0, 0.1) is 0 Å². The number of fused-ring (bicyclic) bond motifs is 3. The molecule has 0 N–H and O–H groups in total. The average molecular weight is 378 g/mol. The van der Waals surface area contributed by atoms with Crippen molar-refractivity contribution in [3.8, 4) is 0 Å². The van der Waals surface area contributed by atoms with E-state index in [-0.39, 0.29) is 12.3 Å². The normalized spacial score (nSPS) is 21.2. The first-order valence-corrected chi connectivity index (χ1v) is 9.43. The molecule has 7 nitrogen and oxygen atoms in total. The minimum absolute atomic E-state index is 0.0816. The zero-order chi connectivity index (χ0) is 18.5. The topological polar surface area (TPSA) is 63.5 Å².